The van der Waals surface area contributed by atoms with E-state index >= 15 is 0 Å². The molecule has 0 saturated carbocycles. The second-order valence-electron chi connectivity index (χ2n) is 7.05. The minimum atomic E-state index is -0.784. The Hall–Kier alpha value is -2.57. The molecule has 0 bridgehead atoms. The zero-order chi connectivity index (χ0) is 20.8. The van der Waals surface area contributed by atoms with Crippen LogP contribution >= 0.6 is 11.3 Å². The average Bonchev–Trinajstić information content (AvgIpc) is 3.25. The van der Waals surface area contributed by atoms with E-state index in [1.807, 2.05) is 22.8 Å². The van der Waals surface area contributed by atoms with Crippen LogP contribution in [0.2, 0.25) is 0 Å². The summed E-state index contributed by atoms with van der Waals surface area (Å²) in [5, 5.41) is 6.23. The number of amides is 1. The molecule has 1 amide bonds. The molecule has 0 aliphatic rings. The van der Waals surface area contributed by atoms with Crippen molar-refractivity contribution in [2.24, 2.45) is 0 Å². The number of thiophene rings is 1. The topological polar surface area (TPSA) is 45.7 Å². The maximum Gasteiger partial charge on any atom is 0.279 e. The zero-order valence-electron chi connectivity index (χ0n) is 16.5. The molecule has 1 aromatic heterocycles. The Morgan fingerprint density at radius 1 is 1.03 bits per heavy atom. The number of hydrogen-bond acceptors (Lipinski definition) is 2. The van der Waals surface area contributed by atoms with E-state index in [9.17, 15) is 13.6 Å². The van der Waals surface area contributed by atoms with Crippen molar-refractivity contribution in [1.82, 2.24) is 0 Å². The number of anilines is 1. The van der Waals surface area contributed by atoms with Gasteiger partial charge in [-0.1, -0.05) is 50.2 Å². The van der Waals surface area contributed by atoms with Gasteiger partial charge in [-0.3, -0.25) is 4.79 Å². The maximum atomic E-state index is 13.8. The molecule has 3 aromatic rings. The summed E-state index contributed by atoms with van der Waals surface area (Å²) in [6.45, 7) is 4.41. The lowest BCUT2D eigenvalue weighted by Crippen LogP contribution is -2.87. The van der Waals surface area contributed by atoms with Crippen LogP contribution in [0.15, 0.2) is 60.0 Å². The molecule has 0 fully saturated rings. The predicted molar refractivity (Wildman–Crippen MR) is 113 cm³/mol. The Morgan fingerprint density at radius 3 is 2.28 bits per heavy atom. The Balaban J connectivity index is 1.73. The van der Waals surface area contributed by atoms with Gasteiger partial charge in [0.1, 0.15) is 23.4 Å². The molecule has 0 aliphatic carbocycles. The first kappa shape index (κ1) is 21.1. The molecule has 0 saturated heterocycles. The molecule has 2 atom stereocenters. The molecule has 0 aliphatic heterocycles. The van der Waals surface area contributed by atoms with Crippen LogP contribution in [-0.4, -0.2) is 12.5 Å². The fraction of sp³-hybridized carbons (Fsp3) is 0.261. The monoisotopic (exact) mass is 415 g/mol. The van der Waals surface area contributed by atoms with Crippen molar-refractivity contribution in [3.05, 3.63) is 87.6 Å². The first-order chi connectivity index (χ1) is 14.0. The first-order valence-corrected chi connectivity index (χ1v) is 10.6. The normalized spacial score (nSPS) is 13.1. The second-order valence-corrected chi connectivity index (χ2v) is 8.03. The van der Waals surface area contributed by atoms with E-state index in [0.29, 0.717) is 5.92 Å². The number of nitrogens with two attached hydrogens (primary N) is 1. The smallest absolute Gasteiger partial charge is 0.279 e. The molecular weight excluding hydrogens is 390 g/mol. The highest BCUT2D eigenvalue weighted by molar-refractivity contribution is 7.10. The number of carbonyl (C=O) groups excluding carboxylic acids is 1. The zero-order valence-corrected chi connectivity index (χ0v) is 17.3. The number of quaternary nitrogens is 1. The maximum absolute atomic E-state index is 13.8. The van der Waals surface area contributed by atoms with Gasteiger partial charge in [0, 0.05) is 5.56 Å². The third-order valence-electron chi connectivity index (χ3n) is 5.09. The fourth-order valence-corrected chi connectivity index (χ4v) is 4.04. The van der Waals surface area contributed by atoms with Gasteiger partial charge in [-0.25, -0.2) is 8.78 Å². The molecule has 3 N–H and O–H groups in total. The SMILES string of the molecule is CC[C@@H](C)c1ccc([C@@H]([NH2+]CC(=O)Nc2c(F)cccc2F)c2cccs2)cc1. The van der Waals surface area contributed by atoms with Crippen LogP contribution in [0.1, 0.15) is 48.2 Å². The van der Waals surface area contributed by atoms with Crippen molar-refractivity contribution in [1.29, 1.82) is 0 Å². The van der Waals surface area contributed by atoms with Gasteiger partial charge in [0.05, 0.1) is 4.88 Å². The van der Waals surface area contributed by atoms with Gasteiger partial charge >= 0.3 is 0 Å². The Kier molecular flexibility index (Phi) is 7.12. The molecule has 6 heteroatoms. The molecule has 3 rings (SSSR count). The van der Waals surface area contributed by atoms with E-state index in [-0.39, 0.29) is 12.6 Å². The third kappa shape index (κ3) is 5.28. The number of rotatable bonds is 8. The summed E-state index contributed by atoms with van der Waals surface area (Å²) in [4.78, 5) is 13.4. The molecule has 2 aromatic carbocycles. The number of para-hydroxylation sites is 1. The van der Waals surface area contributed by atoms with E-state index in [0.717, 1.165) is 29.0 Å². The van der Waals surface area contributed by atoms with Gasteiger partial charge in [-0.2, -0.15) is 0 Å². The highest BCUT2D eigenvalue weighted by Crippen LogP contribution is 2.25. The Morgan fingerprint density at radius 2 is 1.69 bits per heavy atom. The van der Waals surface area contributed by atoms with Gasteiger partial charge in [-0.15, -0.1) is 11.3 Å². The van der Waals surface area contributed by atoms with Crippen molar-refractivity contribution < 1.29 is 18.9 Å². The van der Waals surface area contributed by atoms with Crippen LogP contribution in [0, 0.1) is 11.6 Å². The third-order valence-corrected chi connectivity index (χ3v) is 6.05. The van der Waals surface area contributed by atoms with E-state index < -0.39 is 23.2 Å². The quantitative estimate of drug-likeness (QED) is 0.544. The van der Waals surface area contributed by atoms with Crippen LogP contribution in [0.25, 0.3) is 0 Å². The first-order valence-electron chi connectivity index (χ1n) is 9.70. The van der Waals surface area contributed by atoms with Crippen molar-refractivity contribution >= 4 is 22.9 Å². The fourth-order valence-electron chi connectivity index (χ4n) is 3.18. The van der Waals surface area contributed by atoms with Gasteiger partial charge in [0.15, 0.2) is 6.54 Å². The number of carbonyl (C=O) groups is 1. The number of nitrogens with one attached hydrogen (secondary N) is 1. The molecular formula is C23H25F2N2OS+. The van der Waals surface area contributed by atoms with Crippen LogP contribution in [0.5, 0.6) is 0 Å². The standard InChI is InChI=1S/C23H24F2N2OS/c1-3-15(2)16-9-11-17(12-10-16)22(20-8-5-13-29-20)26-14-21(28)27-23-18(24)6-4-7-19(23)25/h4-13,15,22,26H,3,14H2,1-2H3,(H,27,28)/p+1/t15-,22-/m1/s1. The van der Waals surface area contributed by atoms with Gasteiger partial charge < -0.3 is 10.6 Å². The number of hydrogen-bond donors (Lipinski definition) is 2. The van der Waals surface area contributed by atoms with Gasteiger partial charge in [0.25, 0.3) is 5.91 Å². The van der Waals surface area contributed by atoms with E-state index in [2.05, 4.69) is 43.4 Å². The lowest BCUT2D eigenvalue weighted by Gasteiger charge is -2.16. The largest absolute Gasteiger partial charge is 0.328 e. The average molecular weight is 416 g/mol. The van der Waals surface area contributed by atoms with Crippen LogP contribution in [0.3, 0.4) is 0 Å². The number of benzene rings is 2. The summed E-state index contributed by atoms with van der Waals surface area (Å²) < 4.78 is 27.5. The molecule has 0 spiro atoms. The predicted octanol–water partition coefficient (Wildman–Crippen LogP) is 4.83. The second kappa shape index (κ2) is 9.76. The molecule has 29 heavy (non-hydrogen) atoms. The van der Waals surface area contributed by atoms with Crippen molar-refractivity contribution in [3.63, 3.8) is 0 Å². The summed E-state index contributed by atoms with van der Waals surface area (Å²) in [6.07, 6.45) is 1.08. The summed E-state index contributed by atoms with van der Waals surface area (Å²) in [6, 6.07) is 15.9. The van der Waals surface area contributed by atoms with E-state index in [1.54, 1.807) is 11.3 Å². The van der Waals surface area contributed by atoms with Gasteiger partial charge in [0.2, 0.25) is 0 Å². The van der Waals surface area contributed by atoms with Crippen LogP contribution in [0.4, 0.5) is 14.5 Å². The summed E-state index contributed by atoms with van der Waals surface area (Å²) in [7, 11) is 0. The van der Waals surface area contributed by atoms with Gasteiger partial charge in [-0.05, 0) is 41.5 Å². The summed E-state index contributed by atoms with van der Waals surface area (Å²) in [5.74, 6) is -1.52. The molecule has 152 valence electrons. The minimum Gasteiger partial charge on any atom is -0.328 e. The lowest BCUT2D eigenvalue weighted by atomic mass is 9.95. The lowest BCUT2D eigenvalue weighted by molar-refractivity contribution is -0.675. The summed E-state index contributed by atoms with van der Waals surface area (Å²) >= 11 is 1.62. The van der Waals surface area contributed by atoms with Crippen molar-refractivity contribution in [2.75, 3.05) is 11.9 Å². The molecule has 0 radical (unpaired) electrons. The van der Waals surface area contributed by atoms with E-state index in [4.69, 9.17) is 0 Å². The Labute approximate surface area is 173 Å². The molecule has 0 unspecified atom stereocenters. The molecule has 3 nitrogen and oxygen atoms in total. The highest BCUT2D eigenvalue weighted by Gasteiger charge is 2.21. The minimum absolute atomic E-state index is 0.0451. The van der Waals surface area contributed by atoms with Crippen LogP contribution in [-0.2, 0) is 4.79 Å². The Bertz CT molecular complexity index is 922. The molecule has 1 heterocycles. The highest BCUT2D eigenvalue weighted by atomic mass is 32.1. The van der Waals surface area contributed by atoms with Crippen molar-refractivity contribution in [3.8, 4) is 0 Å². The number of halogens is 2. The van der Waals surface area contributed by atoms with Crippen molar-refractivity contribution in [2.45, 2.75) is 32.2 Å². The van der Waals surface area contributed by atoms with E-state index in [1.165, 1.54) is 11.6 Å². The summed E-state index contributed by atoms with van der Waals surface area (Å²) in [5.41, 5.74) is 1.97. The van der Waals surface area contributed by atoms with Crippen LogP contribution < -0.4 is 10.6 Å².